The van der Waals surface area contributed by atoms with Crippen molar-refractivity contribution < 1.29 is 29.0 Å². The number of carboxylic acids is 1. The molecular formula is C13H21NO6. The number of hydrogen-bond acceptors (Lipinski definition) is 5. The number of carbonyl (C=O) groups is 3. The maximum absolute atomic E-state index is 11.5. The summed E-state index contributed by atoms with van der Waals surface area (Å²) in [4.78, 5) is 33.7. The van der Waals surface area contributed by atoms with Crippen LogP contribution in [-0.2, 0) is 19.1 Å². The minimum Gasteiger partial charge on any atom is -0.480 e. The predicted molar refractivity (Wildman–Crippen MR) is 71.2 cm³/mol. The number of nitrogens with one attached hydrogen (secondary N) is 1. The quantitative estimate of drug-likeness (QED) is 0.543. The minimum atomic E-state index is -1.25. The summed E-state index contributed by atoms with van der Waals surface area (Å²) in [7, 11) is 0. The van der Waals surface area contributed by atoms with Crippen LogP contribution in [0.5, 0.6) is 0 Å². The summed E-state index contributed by atoms with van der Waals surface area (Å²) >= 11 is 0. The fourth-order valence-corrected chi connectivity index (χ4v) is 1.23. The van der Waals surface area contributed by atoms with Crippen LogP contribution in [0.15, 0.2) is 12.7 Å². The summed E-state index contributed by atoms with van der Waals surface area (Å²) in [6, 6.07) is -1.21. The lowest BCUT2D eigenvalue weighted by Crippen LogP contribution is -2.41. The Morgan fingerprint density at radius 3 is 2.40 bits per heavy atom. The first kappa shape index (κ1) is 17.9. The molecule has 1 amide bonds. The van der Waals surface area contributed by atoms with Gasteiger partial charge in [0.1, 0.15) is 18.2 Å². The molecule has 0 fully saturated rings. The molecule has 0 aromatic carbocycles. The van der Waals surface area contributed by atoms with Gasteiger partial charge in [0.25, 0.3) is 0 Å². The average molecular weight is 287 g/mol. The third-order valence-corrected chi connectivity index (χ3v) is 1.98. The van der Waals surface area contributed by atoms with Crippen molar-refractivity contribution in [2.24, 2.45) is 0 Å². The van der Waals surface area contributed by atoms with E-state index in [1.807, 2.05) is 0 Å². The van der Waals surface area contributed by atoms with Crippen molar-refractivity contribution in [3.63, 3.8) is 0 Å². The van der Waals surface area contributed by atoms with Gasteiger partial charge in [-0.2, -0.15) is 0 Å². The molecule has 1 atom stereocenters. The lowest BCUT2D eigenvalue weighted by Gasteiger charge is -2.20. The van der Waals surface area contributed by atoms with E-state index >= 15 is 0 Å². The van der Waals surface area contributed by atoms with Gasteiger partial charge in [0.2, 0.25) is 0 Å². The number of hydrogen-bond donors (Lipinski definition) is 2. The van der Waals surface area contributed by atoms with Gasteiger partial charge in [-0.15, -0.1) is 0 Å². The molecule has 0 bridgehead atoms. The number of esters is 1. The van der Waals surface area contributed by atoms with Gasteiger partial charge in [0, 0.05) is 6.42 Å². The van der Waals surface area contributed by atoms with E-state index in [1.54, 1.807) is 20.8 Å². The van der Waals surface area contributed by atoms with Crippen LogP contribution in [0.1, 0.15) is 33.6 Å². The zero-order chi connectivity index (χ0) is 15.8. The maximum atomic E-state index is 11.5. The second-order valence-electron chi connectivity index (χ2n) is 5.05. The van der Waals surface area contributed by atoms with E-state index in [2.05, 4.69) is 16.6 Å². The molecule has 7 heteroatoms. The SMILES string of the molecule is C=CCOC(=O)NC(CCC(=O)OC(C)(C)C)C(=O)O. The van der Waals surface area contributed by atoms with Crippen molar-refractivity contribution in [1.82, 2.24) is 5.32 Å². The molecule has 0 radical (unpaired) electrons. The molecule has 20 heavy (non-hydrogen) atoms. The summed E-state index contributed by atoms with van der Waals surface area (Å²) in [5.74, 6) is -1.77. The number of amides is 1. The maximum Gasteiger partial charge on any atom is 0.408 e. The fraction of sp³-hybridized carbons (Fsp3) is 0.615. The highest BCUT2D eigenvalue weighted by Crippen LogP contribution is 2.10. The molecule has 0 saturated carbocycles. The standard InChI is InChI=1S/C13H21NO6/c1-5-8-19-12(18)14-9(11(16)17)6-7-10(15)20-13(2,3)4/h5,9H,1,6-8H2,2-4H3,(H,14,18)(H,16,17). The Balaban J connectivity index is 4.28. The van der Waals surface area contributed by atoms with Gasteiger partial charge in [-0.05, 0) is 27.2 Å². The van der Waals surface area contributed by atoms with E-state index in [9.17, 15) is 14.4 Å². The van der Waals surface area contributed by atoms with Crippen LogP contribution in [0.25, 0.3) is 0 Å². The molecule has 0 aliphatic heterocycles. The number of carboxylic acid groups (broad SMARTS) is 1. The van der Waals surface area contributed by atoms with Gasteiger partial charge in [0.05, 0.1) is 0 Å². The molecule has 0 aromatic rings. The zero-order valence-electron chi connectivity index (χ0n) is 12.0. The van der Waals surface area contributed by atoms with Gasteiger partial charge >= 0.3 is 18.0 Å². The highest BCUT2D eigenvalue weighted by Gasteiger charge is 2.23. The third kappa shape index (κ3) is 8.96. The van der Waals surface area contributed by atoms with Crippen molar-refractivity contribution >= 4 is 18.0 Å². The van der Waals surface area contributed by atoms with Crippen molar-refractivity contribution in [2.75, 3.05) is 6.61 Å². The van der Waals surface area contributed by atoms with Crippen LogP contribution in [0, 0.1) is 0 Å². The summed E-state index contributed by atoms with van der Waals surface area (Å²) in [5, 5.41) is 11.1. The molecule has 7 nitrogen and oxygen atoms in total. The number of rotatable bonds is 7. The van der Waals surface area contributed by atoms with E-state index < -0.39 is 29.7 Å². The van der Waals surface area contributed by atoms with Crippen molar-refractivity contribution in [3.05, 3.63) is 12.7 Å². The van der Waals surface area contributed by atoms with Crippen LogP contribution in [0.4, 0.5) is 4.79 Å². The molecule has 0 saturated heterocycles. The summed E-state index contributed by atoms with van der Waals surface area (Å²) in [6.07, 6.45) is 0.293. The molecule has 0 aliphatic carbocycles. The Morgan fingerprint density at radius 1 is 1.35 bits per heavy atom. The number of aliphatic carboxylic acids is 1. The molecule has 114 valence electrons. The van der Waals surface area contributed by atoms with Gasteiger partial charge in [0.15, 0.2) is 0 Å². The minimum absolute atomic E-state index is 0.0236. The van der Waals surface area contributed by atoms with Gasteiger partial charge < -0.3 is 19.9 Å². The summed E-state index contributed by atoms with van der Waals surface area (Å²) in [6.45, 7) is 8.47. The van der Waals surface area contributed by atoms with E-state index in [4.69, 9.17) is 9.84 Å². The zero-order valence-corrected chi connectivity index (χ0v) is 12.0. The summed E-state index contributed by atoms with van der Waals surface area (Å²) < 4.78 is 9.66. The molecule has 0 aliphatic rings. The number of ether oxygens (including phenoxy) is 2. The summed E-state index contributed by atoms with van der Waals surface area (Å²) in [5.41, 5.74) is -0.633. The Labute approximate surface area is 117 Å². The van der Waals surface area contributed by atoms with Crippen LogP contribution in [0.2, 0.25) is 0 Å². The topological polar surface area (TPSA) is 102 Å². The van der Waals surface area contributed by atoms with Crippen LogP contribution in [0.3, 0.4) is 0 Å². The van der Waals surface area contributed by atoms with Gasteiger partial charge in [-0.1, -0.05) is 12.7 Å². The molecular weight excluding hydrogens is 266 g/mol. The predicted octanol–water partition coefficient (Wildman–Crippen LogP) is 1.47. The molecule has 2 N–H and O–H groups in total. The fourth-order valence-electron chi connectivity index (χ4n) is 1.23. The van der Waals surface area contributed by atoms with Gasteiger partial charge in [-0.25, -0.2) is 9.59 Å². The van der Waals surface area contributed by atoms with E-state index in [-0.39, 0.29) is 19.4 Å². The normalized spacial score (nSPS) is 12.2. The smallest absolute Gasteiger partial charge is 0.408 e. The Hall–Kier alpha value is -2.05. The van der Waals surface area contributed by atoms with E-state index in [0.29, 0.717) is 0 Å². The highest BCUT2D eigenvalue weighted by atomic mass is 16.6. The van der Waals surface area contributed by atoms with E-state index in [1.165, 1.54) is 6.08 Å². The third-order valence-electron chi connectivity index (χ3n) is 1.98. The Morgan fingerprint density at radius 2 is 1.95 bits per heavy atom. The molecule has 0 spiro atoms. The monoisotopic (exact) mass is 287 g/mol. The number of carbonyl (C=O) groups excluding carboxylic acids is 2. The highest BCUT2D eigenvalue weighted by molar-refractivity contribution is 5.80. The second-order valence-corrected chi connectivity index (χ2v) is 5.05. The first-order valence-corrected chi connectivity index (χ1v) is 6.14. The van der Waals surface area contributed by atoms with Crippen molar-refractivity contribution in [2.45, 2.75) is 45.3 Å². The largest absolute Gasteiger partial charge is 0.480 e. The first-order valence-electron chi connectivity index (χ1n) is 6.14. The first-order chi connectivity index (χ1) is 9.15. The van der Waals surface area contributed by atoms with Crippen molar-refractivity contribution in [3.8, 4) is 0 Å². The number of alkyl carbamates (subject to hydrolysis) is 1. The van der Waals surface area contributed by atoms with Crippen LogP contribution >= 0.6 is 0 Å². The van der Waals surface area contributed by atoms with Gasteiger partial charge in [-0.3, -0.25) is 4.79 Å². The van der Waals surface area contributed by atoms with E-state index in [0.717, 1.165) is 0 Å². The lowest BCUT2D eigenvalue weighted by molar-refractivity contribution is -0.155. The Bertz CT molecular complexity index is 372. The molecule has 0 rings (SSSR count). The molecule has 0 heterocycles. The molecule has 0 aromatic heterocycles. The van der Waals surface area contributed by atoms with Crippen LogP contribution in [-0.4, -0.2) is 41.4 Å². The van der Waals surface area contributed by atoms with Crippen molar-refractivity contribution in [1.29, 1.82) is 0 Å². The van der Waals surface area contributed by atoms with Crippen LogP contribution < -0.4 is 5.32 Å². The Kier molecular flexibility index (Phi) is 7.35. The second kappa shape index (κ2) is 8.19. The molecule has 1 unspecified atom stereocenters. The average Bonchev–Trinajstić information content (AvgIpc) is 2.29. The lowest BCUT2D eigenvalue weighted by atomic mass is 10.1.